The van der Waals surface area contributed by atoms with Crippen LogP contribution in [-0.2, 0) is 0 Å². The average Bonchev–Trinajstić information content (AvgIpc) is 3.37. The minimum absolute atomic E-state index is 0.232. The van der Waals surface area contributed by atoms with Gasteiger partial charge in [-0.15, -0.1) is 0 Å². The molecule has 2 heterocycles. The number of aromatic nitrogens is 1. The number of methoxy groups -OCH3 is 3. The number of nitrogens with zero attached hydrogens (tertiary/aromatic N) is 3. The van der Waals surface area contributed by atoms with Gasteiger partial charge in [-0.1, -0.05) is 29.8 Å². The van der Waals surface area contributed by atoms with Crippen LogP contribution in [0.5, 0.6) is 17.2 Å². The van der Waals surface area contributed by atoms with Crippen molar-refractivity contribution in [2.45, 2.75) is 12.5 Å². The molecule has 7 nitrogen and oxygen atoms in total. The highest BCUT2D eigenvalue weighted by molar-refractivity contribution is 6.30. The Balaban J connectivity index is 1.62. The number of hydrazone groups is 1. The summed E-state index contributed by atoms with van der Waals surface area (Å²) in [5, 5.41) is 7.45. The molecule has 0 bridgehead atoms. The largest absolute Gasteiger partial charge is 0.497 e. The van der Waals surface area contributed by atoms with E-state index < -0.39 is 6.04 Å². The van der Waals surface area contributed by atoms with Crippen molar-refractivity contribution in [3.05, 3.63) is 94.6 Å². The van der Waals surface area contributed by atoms with Crippen LogP contribution in [0.2, 0.25) is 5.15 Å². The average molecular weight is 502 g/mol. The van der Waals surface area contributed by atoms with E-state index >= 15 is 0 Å². The molecule has 182 valence electrons. The number of rotatable bonds is 6. The van der Waals surface area contributed by atoms with Crippen molar-refractivity contribution in [1.82, 2.24) is 9.99 Å². The number of hydrogen-bond donors (Lipinski definition) is 0. The summed E-state index contributed by atoms with van der Waals surface area (Å²) in [7, 11) is 4.81. The fourth-order valence-corrected chi connectivity index (χ4v) is 4.63. The number of hydrogen-bond acceptors (Lipinski definition) is 6. The molecule has 1 aromatic heterocycles. The molecular weight excluding hydrogens is 478 g/mol. The number of carbonyl (C=O) groups excluding carboxylic acids is 1. The van der Waals surface area contributed by atoms with Crippen LogP contribution in [0.1, 0.15) is 33.9 Å². The van der Waals surface area contributed by atoms with Crippen molar-refractivity contribution in [1.29, 1.82) is 0 Å². The standard InChI is InChI=1S/C28H24ClN3O4/c1-34-19-10-12-23-18(13-19)14-22(27(29)30-23)25-16-24(21-11-9-20(35-2)15-26(21)36-3)31-32(25)28(33)17-7-5-4-6-8-17/h4-15,25H,16H2,1-3H3/t25-/m0/s1. The molecule has 0 saturated heterocycles. The summed E-state index contributed by atoms with van der Waals surface area (Å²) in [6.07, 6.45) is 0.429. The maximum absolute atomic E-state index is 13.6. The zero-order chi connectivity index (χ0) is 25.2. The summed E-state index contributed by atoms with van der Waals surface area (Å²) in [6.45, 7) is 0. The third-order valence-corrected chi connectivity index (χ3v) is 6.52. The Morgan fingerprint density at radius 2 is 1.64 bits per heavy atom. The Morgan fingerprint density at radius 1 is 0.917 bits per heavy atom. The quantitative estimate of drug-likeness (QED) is 0.307. The Kier molecular flexibility index (Phi) is 6.48. The second kappa shape index (κ2) is 9.87. The van der Waals surface area contributed by atoms with Crippen LogP contribution in [0, 0.1) is 0 Å². The number of benzene rings is 3. The fraction of sp³-hybridized carbons (Fsp3) is 0.179. The zero-order valence-corrected chi connectivity index (χ0v) is 20.8. The molecular formula is C28H24ClN3O4. The zero-order valence-electron chi connectivity index (χ0n) is 20.1. The molecule has 1 amide bonds. The molecule has 3 aromatic carbocycles. The molecule has 4 aromatic rings. The van der Waals surface area contributed by atoms with Gasteiger partial charge in [-0.3, -0.25) is 4.79 Å². The first-order chi connectivity index (χ1) is 17.5. The molecule has 8 heteroatoms. The molecule has 36 heavy (non-hydrogen) atoms. The topological polar surface area (TPSA) is 73.2 Å². The van der Waals surface area contributed by atoms with E-state index in [2.05, 4.69) is 4.98 Å². The summed E-state index contributed by atoms with van der Waals surface area (Å²) < 4.78 is 16.3. The third-order valence-electron chi connectivity index (χ3n) is 6.22. The minimum Gasteiger partial charge on any atom is -0.497 e. The van der Waals surface area contributed by atoms with E-state index in [0.717, 1.165) is 16.5 Å². The van der Waals surface area contributed by atoms with Gasteiger partial charge in [-0.25, -0.2) is 9.99 Å². The van der Waals surface area contributed by atoms with Crippen LogP contribution < -0.4 is 14.2 Å². The molecule has 1 aliphatic heterocycles. The Bertz CT molecular complexity index is 1470. The number of amides is 1. The highest BCUT2D eigenvalue weighted by Crippen LogP contribution is 2.40. The summed E-state index contributed by atoms with van der Waals surface area (Å²) in [5.74, 6) is 1.75. The Labute approximate surface area is 213 Å². The molecule has 1 atom stereocenters. The van der Waals surface area contributed by atoms with Crippen molar-refractivity contribution >= 4 is 34.1 Å². The van der Waals surface area contributed by atoms with Crippen LogP contribution in [0.3, 0.4) is 0 Å². The molecule has 1 aliphatic rings. The van der Waals surface area contributed by atoms with E-state index in [1.807, 2.05) is 54.6 Å². The van der Waals surface area contributed by atoms with Crippen molar-refractivity contribution in [3.8, 4) is 17.2 Å². The summed E-state index contributed by atoms with van der Waals surface area (Å²) in [6, 6.07) is 21.7. The molecule has 0 radical (unpaired) electrons. The van der Waals surface area contributed by atoms with E-state index in [-0.39, 0.29) is 5.91 Å². The Hall–Kier alpha value is -4.10. The highest BCUT2D eigenvalue weighted by Gasteiger charge is 2.36. The van der Waals surface area contributed by atoms with Gasteiger partial charge in [0.1, 0.15) is 22.4 Å². The number of carbonyl (C=O) groups is 1. The van der Waals surface area contributed by atoms with Crippen molar-refractivity contribution in [2.24, 2.45) is 5.10 Å². The van der Waals surface area contributed by atoms with Gasteiger partial charge in [0, 0.05) is 34.6 Å². The monoisotopic (exact) mass is 501 g/mol. The van der Waals surface area contributed by atoms with Gasteiger partial charge in [0.05, 0.1) is 38.6 Å². The van der Waals surface area contributed by atoms with Crippen molar-refractivity contribution < 1.29 is 19.0 Å². The predicted octanol–water partition coefficient (Wildman–Crippen LogP) is 5.91. The van der Waals surface area contributed by atoms with Crippen LogP contribution in [0.15, 0.2) is 77.9 Å². The molecule has 0 N–H and O–H groups in total. The molecule has 0 spiro atoms. The smallest absolute Gasteiger partial charge is 0.274 e. The number of pyridine rings is 1. The fourth-order valence-electron chi connectivity index (χ4n) is 4.36. The van der Waals surface area contributed by atoms with E-state index in [4.69, 9.17) is 30.9 Å². The summed E-state index contributed by atoms with van der Waals surface area (Å²) in [4.78, 5) is 18.2. The first-order valence-electron chi connectivity index (χ1n) is 11.3. The number of halogens is 1. The second-order valence-corrected chi connectivity index (χ2v) is 8.63. The minimum atomic E-state index is -0.463. The number of fused-ring (bicyclic) bond motifs is 1. The van der Waals surface area contributed by atoms with Crippen LogP contribution in [0.25, 0.3) is 10.9 Å². The molecule has 0 aliphatic carbocycles. The van der Waals surface area contributed by atoms with Gasteiger partial charge < -0.3 is 14.2 Å². The summed E-state index contributed by atoms with van der Waals surface area (Å²) in [5.41, 5.74) is 3.44. The van der Waals surface area contributed by atoms with Gasteiger partial charge >= 0.3 is 0 Å². The first kappa shape index (κ1) is 23.6. The molecule has 0 unspecified atom stereocenters. The van der Waals surface area contributed by atoms with Crippen LogP contribution in [-0.4, -0.2) is 42.9 Å². The van der Waals surface area contributed by atoms with E-state index in [1.165, 1.54) is 5.01 Å². The highest BCUT2D eigenvalue weighted by atomic mass is 35.5. The molecule has 0 saturated carbocycles. The lowest BCUT2D eigenvalue weighted by atomic mass is 9.97. The Morgan fingerprint density at radius 3 is 2.36 bits per heavy atom. The van der Waals surface area contributed by atoms with Gasteiger partial charge in [0.2, 0.25) is 0 Å². The normalized spacial score (nSPS) is 15.1. The lowest BCUT2D eigenvalue weighted by Gasteiger charge is -2.23. The lowest BCUT2D eigenvalue weighted by molar-refractivity contribution is 0.0711. The van der Waals surface area contributed by atoms with Gasteiger partial charge in [-0.05, 0) is 48.5 Å². The number of ether oxygens (including phenoxy) is 3. The second-order valence-electron chi connectivity index (χ2n) is 8.28. The predicted molar refractivity (Wildman–Crippen MR) is 139 cm³/mol. The third kappa shape index (κ3) is 4.33. The maximum Gasteiger partial charge on any atom is 0.274 e. The van der Waals surface area contributed by atoms with E-state index in [0.29, 0.717) is 45.7 Å². The SMILES string of the molecule is COc1ccc(C2=NN(C(=O)c3ccccc3)[C@H](c3cc4cc(OC)ccc4nc3Cl)C2)c(OC)c1. The molecule has 0 fully saturated rings. The summed E-state index contributed by atoms with van der Waals surface area (Å²) >= 11 is 6.69. The van der Waals surface area contributed by atoms with Crippen molar-refractivity contribution in [3.63, 3.8) is 0 Å². The van der Waals surface area contributed by atoms with E-state index in [1.54, 1.807) is 39.5 Å². The van der Waals surface area contributed by atoms with Gasteiger partial charge in [-0.2, -0.15) is 5.10 Å². The van der Waals surface area contributed by atoms with Gasteiger partial charge in [0.15, 0.2) is 0 Å². The molecule has 5 rings (SSSR count). The van der Waals surface area contributed by atoms with Crippen LogP contribution >= 0.6 is 11.6 Å². The van der Waals surface area contributed by atoms with Gasteiger partial charge in [0.25, 0.3) is 5.91 Å². The van der Waals surface area contributed by atoms with Crippen LogP contribution in [0.4, 0.5) is 0 Å². The van der Waals surface area contributed by atoms with E-state index in [9.17, 15) is 4.79 Å². The lowest BCUT2D eigenvalue weighted by Crippen LogP contribution is -2.27. The maximum atomic E-state index is 13.6. The van der Waals surface area contributed by atoms with Crippen molar-refractivity contribution in [2.75, 3.05) is 21.3 Å². The first-order valence-corrected chi connectivity index (χ1v) is 11.7.